The number of hydrogen-bond donors (Lipinski definition) is 1. The largest absolute Gasteiger partial charge is 0.496 e. The van der Waals surface area contributed by atoms with E-state index in [1.54, 1.807) is 7.11 Å². The van der Waals surface area contributed by atoms with Gasteiger partial charge < -0.3 is 10.5 Å². The fourth-order valence-electron chi connectivity index (χ4n) is 2.27. The molecule has 0 spiro atoms. The van der Waals surface area contributed by atoms with Gasteiger partial charge in [0.25, 0.3) is 0 Å². The second kappa shape index (κ2) is 6.98. The van der Waals surface area contributed by atoms with E-state index < -0.39 is 0 Å². The second-order valence-corrected chi connectivity index (χ2v) is 5.46. The van der Waals surface area contributed by atoms with Gasteiger partial charge in [0, 0.05) is 21.5 Å². The van der Waals surface area contributed by atoms with Crippen LogP contribution in [-0.4, -0.2) is 13.7 Å². The van der Waals surface area contributed by atoms with E-state index in [1.807, 2.05) is 42.5 Å². The van der Waals surface area contributed by atoms with Gasteiger partial charge in [-0.15, -0.1) is 0 Å². The van der Waals surface area contributed by atoms with Crippen molar-refractivity contribution in [1.29, 1.82) is 0 Å². The summed E-state index contributed by atoms with van der Waals surface area (Å²) in [5.41, 5.74) is 8.03. The van der Waals surface area contributed by atoms with Crippen LogP contribution in [0.15, 0.2) is 42.5 Å². The highest BCUT2D eigenvalue weighted by Gasteiger charge is 2.17. The number of hydrogen-bond acceptors (Lipinski definition) is 2. The summed E-state index contributed by atoms with van der Waals surface area (Å²) in [6.45, 7) is 0.502. The minimum absolute atomic E-state index is 0.114. The van der Waals surface area contributed by atoms with Gasteiger partial charge in [0.15, 0.2) is 0 Å². The molecule has 0 aliphatic rings. The summed E-state index contributed by atoms with van der Waals surface area (Å²) >= 11 is 12.3. The third-order valence-corrected chi connectivity index (χ3v) is 3.94. The summed E-state index contributed by atoms with van der Waals surface area (Å²) in [6, 6.07) is 13.4. The van der Waals surface area contributed by atoms with Gasteiger partial charge in [-0.3, -0.25) is 0 Å². The van der Waals surface area contributed by atoms with Crippen molar-refractivity contribution in [2.45, 2.75) is 12.3 Å². The molecule has 2 N–H and O–H groups in total. The van der Waals surface area contributed by atoms with E-state index >= 15 is 0 Å². The van der Waals surface area contributed by atoms with Crippen LogP contribution in [0.1, 0.15) is 17.0 Å². The maximum Gasteiger partial charge on any atom is 0.122 e. The zero-order chi connectivity index (χ0) is 14.5. The zero-order valence-electron chi connectivity index (χ0n) is 11.3. The van der Waals surface area contributed by atoms with E-state index in [-0.39, 0.29) is 5.92 Å². The number of nitrogens with two attached hydrogens (primary N) is 1. The van der Waals surface area contributed by atoms with Crippen LogP contribution >= 0.6 is 23.2 Å². The minimum Gasteiger partial charge on any atom is -0.496 e. The molecule has 2 aromatic carbocycles. The summed E-state index contributed by atoms with van der Waals surface area (Å²) in [5.74, 6) is 0.917. The Morgan fingerprint density at radius 1 is 1.15 bits per heavy atom. The van der Waals surface area contributed by atoms with Gasteiger partial charge in [-0.2, -0.15) is 0 Å². The molecule has 0 bridgehead atoms. The van der Waals surface area contributed by atoms with Crippen LogP contribution < -0.4 is 10.5 Å². The zero-order valence-corrected chi connectivity index (χ0v) is 12.8. The van der Waals surface area contributed by atoms with Gasteiger partial charge in [-0.05, 0) is 42.8 Å². The first kappa shape index (κ1) is 15.2. The highest BCUT2D eigenvalue weighted by molar-refractivity contribution is 6.31. The summed E-state index contributed by atoms with van der Waals surface area (Å²) < 4.78 is 5.40. The lowest BCUT2D eigenvalue weighted by atomic mass is 9.91. The lowest BCUT2D eigenvalue weighted by Gasteiger charge is -2.19. The van der Waals surface area contributed by atoms with E-state index in [1.165, 1.54) is 0 Å². The Kier molecular flexibility index (Phi) is 5.30. The molecular weight excluding hydrogens is 293 g/mol. The Morgan fingerprint density at radius 2 is 1.90 bits per heavy atom. The maximum atomic E-state index is 6.22. The fraction of sp³-hybridized carbons (Fsp3) is 0.250. The molecule has 0 aliphatic heterocycles. The average molecular weight is 310 g/mol. The van der Waals surface area contributed by atoms with Gasteiger partial charge in [0.05, 0.1) is 7.11 Å². The Morgan fingerprint density at radius 3 is 2.55 bits per heavy atom. The number of methoxy groups -OCH3 is 1. The number of rotatable bonds is 5. The van der Waals surface area contributed by atoms with Crippen LogP contribution in [0.2, 0.25) is 10.0 Å². The number of ether oxygens (including phenoxy) is 1. The van der Waals surface area contributed by atoms with Crippen LogP contribution in [0.25, 0.3) is 0 Å². The summed E-state index contributed by atoms with van der Waals surface area (Å²) in [5, 5.41) is 1.44. The van der Waals surface area contributed by atoms with E-state index in [9.17, 15) is 0 Å². The third kappa shape index (κ3) is 3.45. The van der Waals surface area contributed by atoms with Gasteiger partial charge in [0.2, 0.25) is 0 Å². The highest BCUT2D eigenvalue weighted by Crippen LogP contribution is 2.32. The summed E-state index contributed by atoms with van der Waals surface area (Å²) in [6.07, 6.45) is 0.757. The number of halogens is 2. The summed E-state index contributed by atoms with van der Waals surface area (Å²) in [4.78, 5) is 0. The Hall–Kier alpha value is -1.22. The standard InChI is InChI=1S/C16H17Cl2NO/c1-20-16-7-6-13(17)9-14(16)12(10-19)8-11-4-2-3-5-15(11)18/h2-7,9,12H,8,10,19H2,1H3. The predicted molar refractivity (Wildman–Crippen MR) is 85.0 cm³/mol. The molecule has 1 atom stereocenters. The molecule has 2 rings (SSSR count). The molecule has 0 saturated heterocycles. The van der Waals surface area contributed by atoms with Crippen molar-refractivity contribution < 1.29 is 4.74 Å². The average Bonchev–Trinajstić information content (AvgIpc) is 2.46. The topological polar surface area (TPSA) is 35.2 Å². The van der Waals surface area contributed by atoms with Crippen molar-refractivity contribution in [3.8, 4) is 5.75 Å². The van der Waals surface area contributed by atoms with Crippen molar-refractivity contribution in [3.05, 3.63) is 63.6 Å². The van der Waals surface area contributed by atoms with Gasteiger partial charge in [-0.25, -0.2) is 0 Å². The normalized spacial score (nSPS) is 12.2. The molecule has 2 nitrogen and oxygen atoms in total. The predicted octanol–water partition coefficient (Wildman–Crippen LogP) is 4.29. The Bertz CT molecular complexity index is 586. The molecule has 106 valence electrons. The lowest BCUT2D eigenvalue weighted by molar-refractivity contribution is 0.405. The molecule has 0 aliphatic carbocycles. The maximum absolute atomic E-state index is 6.22. The van der Waals surface area contributed by atoms with Crippen molar-refractivity contribution >= 4 is 23.2 Å². The van der Waals surface area contributed by atoms with E-state index in [0.29, 0.717) is 11.6 Å². The molecule has 0 fully saturated rings. The molecule has 0 radical (unpaired) electrons. The monoisotopic (exact) mass is 309 g/mol. The molecule has 0 heterocycles. The quantitative estimate of drug-likeness (QED) is 0.894. The molecular formula is C16H17Cl2NO. The fourth-order valence-corrected chi connectivity index (χ4v) is 2.67. The summed E-state index contributed by atoms with van der Waals surface area (Å²) in [7, 11) is 1.65. The Balaban J connectivity index is 2.33. The first-order valence-corrected chi connectivity index (χ1v) is 7.18. The van der Waals surface area contributed by atoms with Gasteiger partial charge in [-0.1, -0.05) is 41.4 Å². The molecule has 4 heteroatoms. The van der Waals surface area contributed by atoms with Crippen LogP contribution in [0.4, 0.5) is 0 Å². The smallest absolute Gasteiger partial charge is 0.122 e. The van der Waals surface area contributed by atoms with E-state index in [4.69, 9.17) is 33.7 Å². The van der Waals surface area contributed by atoms with Crippen molar-refractivity contribution in [2.24, 2.45) is 5.73 Å². The van der Waals surface area contributed by atoms with Crippen molar-refractivity contribution in [3.63, 3.8) is 0 Å². The van der Waals surface area contributed by atoms with E-state index in [0.717, 1.165) is 28.3 Å². The minimum atomic E-state index is 0.114. The van der Waals surface area contributed by atoms with Crippen LogP contribution in [0.5, 0.6) is 5.75 Å². The van der Waals surface area contributed by atoms with Crippen LogP contribution in [-0.2, 0) is 6.42 Å². The Labute approximate surface area is 129 Å². The molecule has 0 aromatic heterocycles. The molecule has 1 unspecified atom stereocenters. The van der Waals surface area contributed by atoms with Crippen molar-refractivity contribution in [1.82, 2.24) is 0 Å². The highest BCUT2D eigenvalue weighted by atomic mass is 35.5. The van der Waals surface area contributed by atoms with E-state index in [2.05, 4.69) is 0 Å². The molecule has 0 saturated carbocycles. The van der Waals surface area contributed by atoms with Gasteiger partial charge in [0.1, 0.15) is 5.75 Å². The second-order valence-electron chi connectivity index (χ2n) is 4.61. The molecule has 0 amide bonds. The molecule has 2 aromatic rings. The SMILES string of the molecule is COc1ccc(Cl)cc1C(CN)Cc1ccccc1Cl. The third-order valence-electron chi connectivity index (χ3n) is 3.34. The van der Waals surface area contributed by atoms with Gasteiger partial charge >= 0.3 is 0 Å². The molecule has 20 heavy (non-hydrogen) atoms. The first-order chi connectivity index (χ1) is 9.65. The lowest BCUT2D eigenvalue weighted by Crippen LogP contribution is -2.16. The van der Waals surface area contributed by atoms with Crippen LogP contribution in [0.3, 0.4) is 0 Å². The number of benzene rings is 2. The first-order valence-electron chi connectivity index (χ1n) is 6.42. The van der Waals surface area contributed by atoms with Crippen molar-refractivity contribution in [2.75, 3.05) is 13.7 Å². The van der Waals surface area contributed by atoms with Crippen LogP contribution in [0, 0.1) is 0 Å².